The predicted octanol–water partition coefficient (Wildman–Crippen LogP) is 2.27. The molecule has 0 bridgehead atoms. The second kappa shape index (κ2) is 8.51. The number of carbonyl (C=O) groups is 1. The van der Waals surface area contributed by atoms with Crippen LogP contribution in [0, 0.1) is 5.92 Å². The maximum Gasteiger partial charge on any atom is 0.321 e. The van der Waals surface area contributed by atoms with Crippen molar-refractivity contribution < 1.29 is 22.0 Å². The Balaban J connectivity index is 1.97. The Bertz CT molecular complexity index is 760. The lowest BCUT2D eigenvalue weighted by atomic mass is 9.90. The normalized spacial score (nSPS) is 17.9. The smallest absolute Gasteiger partial charge is 0.321 e. The summed E-state index contributed by atoms with van der Waals surface area (Å²) in [6, 6.07) is -0.663. The Morgan fingerprint density at radius 1 is 1.41 bits per heavy atom. The van der Waals surface area contributed by atoms with E-state index in [2.05, 4.69) is 10.4 Å². The van der Waals surface area contributed by atoms with Crippen molar-refractivity contribution in [3.63, 3.8) is 0 Å². The molecule has 2 heterocycles. The van der Waals surface area contributed by atoms with Crippen molar-refractivity contribution in [1.29, 1.82) is 0 Å². The molecule has 1 fully saturated rings. The van der Waals surface area contributed by atoms with E-state index in [0.29, 0.717) is 25.9 Å². The topological polar surface area (TPSA) is 87.5 Å². The number of amides is 2. The van der Waals surface area contributed by atoms with Crippen molar-refractivity contribution in [2.24, 2.45) is 13.0 Å². The van der Waals surface area contributed by atoms with Crippen molar-refractivity contribution in [3.8, 4) is 0 Å². The third-order valence-corrected chi connectivity index (χ3v) is 7.06. The molecule has 27 heavy (non-hydrogen) atoms. The fourth-order valence-corrected chi connectivity index (χ4v) is 4.42. The van der Waals surface area contributed by atoms with Crippen LogP contribution < -0.4 is 5.32 Å². The van der Waals surface area contributed by atoms with Crippen LogP contribution in [0.4, 0.5) is 19.3 Å². The lowest BCUT2D eigenvalue weighted by Crippen LogP contribution is -2.47. The quantitative estimate of drug-likeness (QED) is 0.784. The van der Waals surface area contributed by atoms with E-state index < -0.39 is 28.2 Å². The van der Waals surface area contributed by atoms with Gasteiger partial charge in [-0.25, -0.2) is 26.3 Å². The molecule has 2 amide bonds. The number of sulfonamides is 1. The molecule has 1 unspecified atom stereocenters. The van der Waals surface area contributed by atoms with Gasteiger partial charge in [-0.1, -0.05) is 0 Å². The number of urea groups is 1. The Kier molecular flexibility index (Phi) is 6.79. The van der Waals surface area contributed by atoms with Gasteiger partial charge in [-0.05, 0) is 32.6 Å². The minimum absolute atomic E-state index is 0.0135. The van der Waals surface area contributed by atoms with E-state index in [1.807, 2.05) is 6.92 Å². The highest BCUT2D eigenvalue weighted by molar-refractivity contribution is 7.89. The van der Waals surface area contributed by atoms with E-state index in [9.17, 15) is 22.0 Å². The number of nitrogens with one attached hydrogen (secondary N) is 1. The average Bonchev–Trinajstić information content (AvgIpc) is 3.01. The number of aromatic nitrogens is 2. The summed E-state index contributed by atoms with van der Waals surface area (Å²) in [5.74, 6) is 0.208. The molecule has 8 nitrogen and oxygen atoms in total. The molecule has 1 aliphatic heterocycles. The third kappa shape index (κ3) is 4.95. The molecule has 0 aromatic carbocycles. The van der Waals surface area contributed by atoms with Crippen LogP contribution >= 0.6 is 0 Å². The van der Waals surface area contributed by atoms with Crippen LogP contribution in [0.15, 0.2) is 6.20 Å². The van der Waals surface area contributed by atoms with Crippen molar-refractivity contribution in [3.05, 3.63) is 11.9 Å². The maximum absolute atomic E-state index is 13.0. The number of nitrogens with zero attached hydrogens (tertiary/aromatic N) is 4. The van der Waals surface area contributed by atoms with Gasteiger partial charge >= 0.3 is 6.03 Å². The number of carbonyl (C=O) groups excluding carboxylic acids is 1. The Morgan fingerprint density at radius 2 is 2.00 bits per heavy atom. The van der Waals surface area contributed by atoms with Gasteiger partial charge in [0.25, 0.3) is 6.43 Å². The summed E-state index contributed by atoms with van der Waals surface area (Å²) in [4.78, 5) is 13.9. The Labute approximate surface area is 158 Å². The number of aryl methyl sites for hydroxylation is 1. The summed E-state index contributed by atoms with van der Waals surface area (Å²) in [5.41, 5.74) is -0.481. The molecule has 154 valence electrons. The fourth-order valence-electron chi connectivity index (χ4n) is 3.29. The zero-order valence-corrected chi connectivity index (χ0v) is 16.8. The molecule has 1 aromatic rings. The van der Waals surface area contributed by atoms with Crippen LogP contribution in [-0.2, 0) is 17.1 Å². The van der Waals surface area contributed by atoms with Gasteiger partial charge in [-0.3, -0.25) is 4.68 Å². The number of rotatable bonds is 6. The van der Waals surface area contributed by atoms with Crippen molar-refractivity contribution in [1.82, 2.24) is 19.0 Å². The molecule has 1 aromatic heterocycles. The summed E-state index contributed by atoms with van der Waals surface area (Å²) < 4.78 is 52.6. The van der Waals surface area contributed by atoms with Gasteiger partial charge in [0, 0.05) is 39.4 Å². The van der Waals surface area contributed by atoms with Gasteiger partial charge in [0.1, 0.15) is 0 Å². The zero-order valence-electron chi connectivity index (χ0n) is 16.0. The highest BCUT2D eigenvalue weighted by Crippen LogP contribution is 2.27. The van der Waals surface area contributed by atoms with Gasteiger partial charge in [-0.15, -0.1) is 0 Å². The van der Waals surface area contributed by atoms with Gasteiger partial charge in [0.05, 0.1) is 11.4 Å². The first-order chi connectivity index (χ1) is 12.6. The SMILES string of the molecule is CCS(=O)(=O)N1CCC(C(C)N(C)C(=O)Nc2cn(C)nc2C(F)F)CC1. The van der Waals surface area contributed by atoms with Gasteiger partial charge in [0.15, 0.2) is 5.69 Å². The highest BCUT2D eigenvalue weighted by atomic mass is 32.2. The minimum Gasteiger partial charge on any atom is -0.325 e. The first-order valence-corrected chi connectivity index (χ1v) is 10.5. The minimum atomic E-state index is -3.20. The summed E-state index contributed by atoms with van der Waals surface area (Å²) in [6.45, 7) is 4.36. The zero-order chi connectivity index (χ0) is 20.4. The molecule has 1 atom stereocenters. The molecule has 11 heteroatoms. The number of hydrogen-bond donors (Lipinski definition) is 1. The summed E-state index contributed by atoms with van der Waals surface area (Å²) in [7, 11) is -0.0874. The third-order valence-electron chi connectivity index (χ3n) is 5.18. The van der Waals surface area contributed by atoms with Crippen molar-refractivity contribution >= 4 is 21.7 Å². The average molecular weight is 407 g/mol. The van der Waals surface area contributed by atoms with E-state index in [-0.39, 0.29) is 23.4 Å². The van der Waals surface area contributed by atoms with Crippen LogP contribution in [0.1, 0.15) is 38.8 Å². The number of halogens is 2. The lowest BCUT2D eigenvalue weighted by molar-refractivity contribution is 0.145. The van der Waals surface area contributed by atoms with Gasteiger partial charge < -0.3 is 10.2 Å². The fraction of sp³-hybridized carbons (Fsp3) is 0.750. The van der Waals surface area contributed by atoms with Crippen LogP contribution in [-0.4, -0.2) is 65.4 Å². The van der Waals surface area contributed by atoms with Crippen molar-refractivity contribution in [2.75, 3.05) is 31.2 Å². The number of anilines is 1. The summed E-state index contributed by atoms with van der Waals surface area (Å²) in [6.07, 6.45) is -0.152. The van der Waals surface area contributed by atoms with Crippen molar-refractivity contribution in [2.45, 2.75) is 39.2 Å². The van der Waals surface area contributed by atoms with Crippen LogP contribution in [0.3, 0.4) is 0 Å². The first-order valence-electron chi connectivity index (χ1n) is 8.90. The molecule has 1 aliphatic rings. The van der Waals surface area contributed by atoms with Gasteiger partial charge in [0.2, 0.25) is 10.0 Å². The van der Waals surface area contributed by atoms with E-state index >= 15 is 0 Å². The van der Waals surface area contributed by atoms with Crippen LogP contribution in [0.25, 0.3) is 0 Å². The standard InChI is InChI=1S/C16H27F2N5O3S/c1-5-27(25,26)23-8-6-12(7-9-23)11(2)22(4)16(24)19-13-10-21(3)20-14(13)15(17)18/h10-12,15H,5-9H2,1-4H3,(H,19,24). The van der Waals surface area contributed by atoms with Gasteiger partial charge in [-0.2, -0.15) is 5.10 Å². The monoisotopic (exact) mass is 407 g/mol. The lowest BCUT2D eigenvalue weighted by Gasteiger charge is -2.37. The first kappa shape index (κ1) is 21.5. The van der Waals surface area contributed by atoms with Crippen LogP contribution in [0.2, 0.25) is 0 Å². The second-order valence-corrected chi connectivity index (χ2v) is 9.08. The second-order valence-electron chi connectivity index (χ2n) is 6.82. The molecule has 1 saturated heterocycles. The number of alkyl halides is 2. The largest absolute Gasteiger partial charge is 0.325 e. The molecule has 0 spiro atoms. The summed E-state index contributed by atoms with van der Waals surface area (Å²) in [5, 5.41) is 6.16. The van der Waals surface area contributed by atoms with E-state index in [4.69, 9.17) is 0 Å². The Hall–Kier alpha value is -1.75. The van der Waals surface area contributed by atoms with E-state index in [1.54, 1.807) is 14.0 Å². The molecular weight excluding hydrogens is 380 g/mol. The molecular formula is C16H27F2N5O3S. The van der Waals surface area contributed by atoms with Crippen LogP contribution in [0.5, 0.6) is 0 Å². The molecule has 0 radical (unpaired) electrons. The molecule has 2 rings (SSSR count). The number of hydrogen-bond acceptors (Lipinski definition) is 4. The van der Waals surface area contributed by atoms with E-state index in [0.717, 1.165) is 0 Å². The Morgan fingerprint density at radius 3 is 2.52 bits per heavy atom. The van der Waals surface area contributed by atoms with E-state index in [1.165, 1.54) is 27.1 Å². The predicted molar refractivity (Wildman–Crippen MR) is 98.2 cm³/mol. The maximum atomic E-state index is 13.0. The molecule has 0 aliphatic carbocycles. The summed E-state index contributed by atoms with van der Waals surface area (Å²) >= 11 is 0. The molecule has 1 N–H and O–H groups in total. The highest BCUT2D eigenvalue weighted by Gasteiger charge is 2.32. The molecule has 0 saturated carbocycles. The number of piperidine rings is 1.